The highest BCUT2D eigenvalue weighted by atomic mass is 19.1. The summed E-state index contributed by atoms with van der Waals surface area (Å²) in [5, 5.41) is 13.3. The normalized spacial score (nSPS) is 18.3. The number of aromatic nitrogens is 3. The lowest BCUT2D eigenvalue weighted by atomic mass is 9.88. The molecule has 1 fully saturated rings. The number of likely N-dealkylation sites (N-methyl/N-ethyl adjacent to an activating group) is 1. The number of nitrogens with one attached hydrogen (secondary N) is 3. The predicted octanol–water partition coefficient (Wildman–Crippen LogP) is 5.25. The summed E-state index contributed by atoms with van der Waals surface area (Å²) in [6.07, 6.45) is 2.78. The number of H-pyrrole nitrogens is 1. The predicted molar refractivity (Wildman–Crippen MR) is 152 cm³/mol. The standard InChI is InChI=1S/C32H32FN5O3/c1-4-5-26-35-31(38-37-26)32(14-15-32)36-29(39)21-7-6-18(2)23(17-21)20-10-13-25-24(16-20)27(30(40)34-3)28(41-25)19-8-11-22(33)12-9-19/h6-13,16-17,27-28H,4-5,14-15H2,1-3H3,(H,34,40)(H,36,39)(H,35,37,38). The summed E-state index contributed by atoms with van der Waals surface area (Å²) in [5.41, 5.74) is 4.20. The highest BCUT2D eigenvalue weighted by molar-refractivity contribution is 5.96. The molecule has 1 saturated carbocycles. The van der Waals surface area contributed by atoms with Gasteiger partial charge in [-0.1, -0.05) is 31.2 Å². The van der Waals surface area contributed by atoms with Crippen LogP contribution < -0.4 is 15.4 Å². The minimum atomic E-state index is -0.610. The maximum Gasteiger partial charge on any atom is 0.252 e. The Kier molecular flexibility index (Phi) is 6.81. The molecule has 4 aromatic rings. The molecular weight excluding hydrogens is 521 g/mol. The first-order chi connectivity index (χ1) is 19.8. The molecule has 2 atom stereocenters. The molecule has 0 bridgehead atoms. The van der Waals surface area contributed by atoms with Crippen molar-refractivity contribution in [1.82, 2.24) is 25.8 Å². The van der Waals surface area contributed by atoms with Crippen LogP contribution in [0.5, 0.6) is 5.75 Å². The van der Waals surface area contributed by atoms with Gasteiger partial charge in [0.15, 0.2) is 5.82 Å². The molecule has 8 nitrogen and oxygen atoms in total. The summed E-state index contributed by atoms with van der Waals surface area (Å²) in [4.78, 5) is 31.1. The lowest BCUT2D eigenvalue weighted by Gasteiger charge is -2.18. The fourth-order valence-electron chi connectivity index (χ4n) is 5.53. The number of aromatic amines is 1. The van der Waals surface area contributed by atoms with Crippen LogP contribution in [0.4, 0.5) is 4.39 Å². The van der Waals surface area contributed by atoms with Crippen LogP contribution in [-0.4, -0.2) is 34.0 Å². The molecule has 1 aliphatic carbocycles. The van der Waals surface area contributed by atoms with Gasteiger partial charge >= 0.3 is 0 Å². The zero-order valence-corrected chi connectivity index (χ0v) is 23.3. The van der Waals surface area contributed by atoms with E-state index in [1.807, 2.05) is 43.3 Å². The molecule has 3 N–H and O–H groups in total. The Morgan fingerprint density at radius 1 is 1.10 bits per heavy atom. The van der Waals surface area contributed by atoms with Gasteiger partial charge in [0.1, 0.15) is 35.0 Å². The van der Waals surface area contributed by atoms with Crippen molar-refractivity contribution < 1.29 is 18.7 Å². The Morgan fingerprint density at radius 2 is 1.88 bits per heavy atom. The lowest BCUT2D eigenvalue weighted by molar-refractivity contribution is -0.123. The second-order valence-electron chi connectivity index (χ2n) is 10.9. The lowest BCUT2D eigenvalue weighted by Crippen LogP contribution is -2.35. The zero-order chi connectivity index (χ0) is 28.7. The Hall–Kier alpha value is -4.53. The molecule has 1 aromatic heterocycles. The molecular formula is C32H32FN5O3. The number of carbonyl (C=O) groups excluding carboxylic acids is 2. The van der Waals surface area contributed by atoms with Crippen LogP contribution in [0.1, 0.15) is 76.9 Å². The highest BCUT2D eigenvalue weighted by Gasteiger charge is 2.49. The van der Waals surface area contributed by atoms with Gasteiger partial charge in [0.05, 0.1) is 0 Å². The zero-order valence-electron chi connectivity index (χ0n) is 23.3. The molecule has 2 aliphatic rings. The Balaban J connectivity index is 1.29. The molecule has 9 heteroatoms. The van der Waals surface area contributed by atoms with Gasteiger partial charge in [0, 0.05) is 24.6 Å². The fraction of sp³-hybridized carbons (Fsp3) is 0.312. The van der Waals surface area contributed by atoms with E-state index in [1.165, 1.54) is 12.1 Å². The minimum Gasteiger partial charge on any atom is -0.484 e. The van der Waals surface area contributed by atoms with Crippen molar-refractivity contribution in [3.8, 4) is 16.9 Å². The first-order valence-electron chi connectivity index (χ1n) is 13.9. The second-order valence-corrected chi connectivity index (χ2v) is 10.9. The largest absolute Gasteiger partial charge is 0.484 e. The number of aryl methyl sites for hydroxylation is 2. The molecule has 1 aliphatic heterocycles. The van der Waals surface area contributed by atoms with Crippen LogP contribution in [-0.2, 0) is 16.8 Å². The van der Waals surface area contributed by atoms with Gasteiger partial charge in [-0.3, -0.25) is 14.7 Å². The van der Waals surface area contributed by atoms with Crippen molar-refractivity contribution in [2.24, 2.45) is 0 Å². The van der Waals surface area contributed by atoms with Crippen molar-refractivity contribution in [2.75, 3.05) is 7.05 Å². The first kappa shape index (κ1) is 26.7. The van der Waals surface area contributed by atoms with E-state index in [-0.39, 0.29) is 17.6 Å². The Bertz CT molecular complexity index is 1630. The van der Waals surface area contributed by atoms with E-state index in [9.17, 15) is 14.0 Å². The summed E-state index contributed by atoms with van der Waals surface area (Å²) in [6, 6.07) is 17.4. The number of nitrogens with zero attached hydrogens (tertiary/aromatic N) is 2. The Morgan fingerprint density at radius 3 is 2.59 bits per heavy atom. The van der Waals surface area contributed by atoms with Gasteiger partial charge < -0.3 is 15.4 Å². The maximum absolute atomic E-state index is 13.6. The van der Waals surface area contributed by atoms with Gasteiger partial charge in [-0.05, 0) is 84.8 Å². The molecule has 3 aromatic carbocycles. The number of amides is 2. The second kappa shape index (κ2) is 10.5. The minimum absolute atomic E-state index is 0.185. The number of rotatable bonds is 8. The third-order valence-corrected chi connectivity index (χ3v) is 7.99. The van der Waals surface area contributed by atoms with E-state index in [1.54, 1.807) is 19.2 Å². The number of ether oxygens (including phenoxy) is 1. The van der Waals surface area contributed by atoms with E-state index < -0.39 is 17.6 Å². The quantitative estimate of drug-likeness (QED) is 0.276. The molecule has 2 heterocycles. The average Bonchev–Trinajstić information content (AvgIpc) is 3.42. The molecule has 6 rings (SSSR count). The van der Waals surface area contributed by atoms with Crippen LogP contribution in [0.15, 0.2) is 60.7 Å². The van der Waals surface area contributed by atoms with Crippen LogP contribution in [0.2, 0.25) is 0 Å². The number of hydrogen-bond donors (Lipinski definition) is 3. The van der Waals surface area contributed by atoms with Crippen molar-refractivity contribution in [2.45, 2.75) is 57.1 Å². The summed E-state index contributed by atoms with van der Waals surface area (Å²) >= 11 is 0. The number of benzene rings is 3. The van der Waals surface area contributed by atoms with E-state index >= 15 is 0 Å². The number of halogens is 1. The summed E-state index contributed by atoms with van der Waals surface area (Å²) in [6.45, 7) is 4.08. The van der Waals surface area contributed by atoms with Crippen LogP contribution >= 0.6 is 0 Å². The molecule has 41 heavy (non-hydrogen) atoms. The van der Waals surface area contributed by atoms with Gasteiger partial charge in [0.2, 0.25) is 5.91 Å². The summed E-state index contributed by atoms with van der Waals surface area (Å²) < 4.78 is 19.8. The SMILES string of the molecule is CCCc1nc(C2(NC(=O)c3ccc(C)c(-c4ccc5c(c4)C(C(=O)NC)C(c4ccc(F)cc4)O5)c3)CC2)n[nH]1. The van der Waals surface area contributed by atoms with Gasteiger partial charge in [-0.15, -0.1) is 0 Å². The van der Waals surface area contributed by atoms with Crippen LogP contribution in [0.25, 0.3) is 11.1 Å². The summed E-state index contributed by atoms with van der Waals surface area (Å²) in [7, 11) is 1.59. The third kappa shape index (κ3) is 4.96. The van der Waals surface area contributed by atoms with E-state index in [0.717, 1.165) is 59.3 Å². The molecule has 0 spiro atoms. The van der Waals surface area contributed by atoms with Crippen molar-refractivity contribution in [3.05, 3.63) is 100 Å². The molecule has 2 amide bonds. The molecule has 0 radical (unpaired) electrons. The maximum atomic E-state index is 13.6. The smallest absolute Gasteiger partial charge is 0.252 e. The molecule has 0 saturated heterocycles. The van der Waals surface area contributed by atoms with Gasteiger partial charge in [-0.25, -0.2) is 9.37 Å². The van der Waals surface area contributed by atoms with Crippen LogP contribution in [0.3, 0.4) is 0 Å². The third-order valence-electron chi connectivity index (χ3n) is 7.99. The van der Waals surface area contributed by atoms with Crippen LogP contribution in [0, 0.1) is 12.7 Å². The van der Waals surface area contributed by atoms with E-state index in [2.05, 4.69) is 32.7 Å². The molecule has 210 valence electrons. The van der Waals surface area contributed by atoms with E-state index in [4.69, 9.17) is 4.74 Å². The van der Waals surface area contributed by atoms with E-state index in [0.29, 0.717) is 17.1 Å². The van der Waals surface area contributed by atoms with Crippen molar-refractivity contribution in [1.29, 1.82) is 0 Å². The first-order valence-corrected chi connectivity index (χ1v) is 13.9. The monoisotopic (exact) mass is 553 g/mol. The Labute approximate surface area is 237 Å². The number of hydrogen-bond acceptors (Lipinski definition) is 5. The highest BCUT2D eigenvalue weighted by Crippen LogP contribution is 2.48. The number of carbonyl (C=O) groups is 2. The van der Waals surface area contributed by atoms with Crippen molar-refractivity contribution >= 4 is 11.8 Å². The fourth-order valence-corrected chi connectivity index (χ4v) is 5.53. The molecule has 2 unspecified atom stereocenters. The van der Waals surface area contributed by atoms with Crippen molar-refractivity contribution in [3.63, 3.8) is 0 Å². The summed E-state index contributed by atoms with van der Waals surface area (Å²) in [5.74, 6) is 0.735. The number of fused-ring (bicyclic) bond motifs is 1. The van der Waals surface area contributed by atoms with Gasteiger partial charge in [0.25, 0.3) is 5.91 Å². The average molecular weight is 554 g/mol. The van der Waals surface area contributed by atoms with Gasteiger partial charge in [-0.2, -0.15) is 5.10 Å². The topological polar surface area (TPSA) is 109 Å².